The van der Waals surface area contributed by atoms with E-state index in [4.69, 9.17) is 21.1 Å². The molecule has 5 heteroatoms. The fourth-order valence-corrected chi connectivity index (χ4v) is 3.18. The van der Waals surface area contributed by atoms with Gasteiger partial charge in [-0.15, -0.1) is 0 Å². The summed E-state index contributed by atoms with van der Waals surface area (Å²) in [6.45, 7) is 3.04. The van der Waals surface area contributed by atoms with Crippen LogP contribution < -0.4 is 14.8 Å². The standard InChI is InChI=1S/C16H25ClN2O2/c1-19(13-5-4-9-18-10-8-13)11-12-6-7-14(20-2)16(21-3)15(12)17/h6-7,13,18H,4-5,8-11H2,1-3H3. The smallest absolute Gasteiger partial charge is 0.179 e. The number of benzene rings is 1. The Morgan fingerprint density at radius 1 is 1.24 bits per heavy atom. The van der Waals surface area contributed by atoms with Crippen molar-refractivity contribution in [1.29, 1.82) is 0 Å². The van der Waals surface area contributed by atoms with Crippen LogP contribution in [0.25, 0.3) is 0 Å². The lowest BCUT2D eigenvalue weighted by atomic mass is 10.1. The van der Waals surface area contributed by atoms with Gasteiger partial charge in [-0.3, -0.25) is 4.90 Å². The van der Waals surface area contributed by atoms with Crippen molar-refractivity contribution in [2.75, 3.05) is 34.4 Å². The van der Waals surface area contributed by atoms with Crippen LogP contribution in [0, 0.1) is 0 Å². The Morgan fingerprint density at radius 3 is 2.76 bits per heavy atom. The van der Waals surface area contributed by atoms with Gasteiger partial charge in [-0.1, -0.05) is 17.7 Å². The van der Waals surface area contributed by atoms with Crippen molar-refractivity contribution in [3.8, 4) is 11.5 Å². The highest BCUT2D eigenvalue weighted by Crippen LogP contribution is 2.37. The molecule has 1 heterocycles. The third-order valence-corrected chi connectivity index (χ3v) is 4.57. The Hall–Kier alpha value is -0.970. The van der Waals surface area contributed by atoms with E-state index >= 15 is 0 Å². The van der Waals surface area contributed by atoms with Gasteiger partial charge in [-0.05, 0) is 51.0 Å². The summed E-state index contributed by atoms with van der Waals surface area (Å²) in [6, 6.07) is 4.54. The first kappa shape index (κ1) is 16.4. The number of rotatable bonds is 5. The zero-order valence-corrected chi connectivity index (χ0v) is 13.9. The van der Waals surface area contributed by atoms with Gasteiger partial charge in [0.15, 0.2) is 11.5 Å². The summed E-state index contributed by atoms with van der Waals surface area (Å²) >= 11 is 6.46. The van der Waals surface area contributed by atoms with Crippen LogP contribution in [0.15, 0.2) is 12.1 Å². The average molecular weight is 313 g/mol. The van der Waals surface area contributed by atoms with Crippen LogP contribution >= 0.6 is 11.6 Å². The molecule has 1 aliphatic heterocycles. The van der Waals surface area contributed by atoms with Gasteiger partial charge in [-0.2, -0.15) is 0 Å². The first-order valence-corrected chi connectivity index (χ1v) is 7.85. The molecule has 1 aromatic rings. The summed E-state index contributed by atoms with van der Waals surface area (Å²) < 4.78 is 10.6. The van der Waals surface area contributed by atoms with Crippen molar-refractivity contribution in [1.82, 2.24) is 10.2 Å². The largest absolute Gasteiger partial charge is 0.493 e. The Labute approximate surface area is 132 Å². The predicted octanol–water partition coefficient (Wildman–Crippen LogP) is 2.93. The summed E-state index contributed by atoms with van der Waals surface area (Å²) in [4.78, 5) is 2.39. The van der Waals surface area contributed by atoms with E-state index in [0.29, 0.717) is 22.6 Å². The van der Waals surface area contributed by atoms with E-state index in [2.05, 4.69) is 17.3 Å². The molecule has 0 radical (unpaired) electrons. The van der Waals surface area contributed by atoms with Crippen molar-refractivity contribution in [2.45, 2.75) is 31.8 Å². The van der Waals surface area contributed by atoms with Crippen LogP contribution in [0.3, 0.4) is 0 Å². The molecule has 0 saturated carbocycles. The number of hydrogen-bond acceptors (Lipinski definition) is 4. The summed E-state index contributed by atoms with van der Waals surface area (Å²) in [5, 5.41) is 4.10. The molecular formula is C16H25ClN2O2. The summed E-state index contributed by atoms with van der Waals surface area (Å²) in [7, 11) is 5.41. The number of nitrogens with zero attached hydrogens (tertiary/aromatic N) is 1. The minimum Gasteiger partial charge on any atom is -0.493 e. The molecule has 1 fully saturated rings. The molecule has 1 atom stereocenters. The fourth-order valence-electron chi connectivity index (χ4n) is 2.89. The van der Waals surface area contributed by atoms with E-state index in [0.717, 1.165) is 25.2 Å². The molecule has 21 heavy (non-hydrogen) atoms. The Morgan fingerprint density at radius 2 is 2.05 bits per heavy atom. The highest BCUT2D eigenvalue weighted by Gasteiger charge is 2.19. The first-order valence-electron chi connectivity index (χ1n) is 7.47. The minimum atomic E-state index is 0.601. The van der Waals surface area contributed by atoms with Gasteiger partial charge >= 0.3 is 0 Å². The van der Waals surface area contributed by atoms with Crippen molar-refractivity contribution in [2.24, 2.45) is 0 Å². The summed E-state index contributed by atoms with van der Waals surface area (Å²) in [6.07, 6.45) is 3.64. The van der Waals surface area contributed by atoms with Gasteiger partial charge in [0.05, 0.1) is 19.2 Å². The second kappa shape index (κ2) is 7.87. The number of halogens is 1. The SMILES string of the molecule is COc1ccc(CN(C)C2CCCNCC2)c(Cl)c1OC. The van der Waals surface area contributed by atoms with E-state index < -0.39 is 0 Å². The molecule has 0 amide bonds. The van der Waals surface area contributed by atoms with Crippen molar-refractivity contribution in [3.05, 3.63) is 22.7 Å². The molecule has 118 valence electrons. The maximum atomic E-state index is 6.46. The van der Waals surface area contributed by atoms with Gasteiger partial charge < -0.3 is 14.8 Å². The molecular weight excluding hydrogens is 288 g/mol. The van der Waals surface area contributed by atoms with E-state index in [1.54, 1.807) is 14.2 Å². The summed E-state index contributed by atoms with van der Waals surface area (Å²) in [5.74, 6) is 1.29. The maximum absolute atomic E-state index is 6.46. The number of methoxy groups -OCH3 is 2. The van der Waals surface area contributed by atoms with Crippen LogP contribution in [-0.2, 0) is 6.54 Å². The van der Waals surface area contributed by atoms with Crippen LogP contribution in [-0.4, -0.2) is 45.3 Å². The van der Waals surface area contributed by atoms with Gasteiger partial charge in [0.25, 0.3) is 0 Å². The lowest BCUT2D eigenvalue weighted by Gasteiger charge is -2.27. The zero-order chi connectivity index (χ0) is 15.2. The van der Waals surface area contributed by atoms with Crippen LogP contribution in [0.4, 0.5) is 0 Å². The molecule has 2 rings (SSSR count). The van der Waals surface area contributed by atoms with E-state index in [9.17, 15) is 0 Å². The highest BCUT2D eigenvalue weighted by molar-refractivity contribution is 6.33. The van der Waals surface area contributed by atoms with Gasteiger partial charge in [0, 0.05) is 12.6 Å². The molecule has 1 saturated heterocycles. The second-order valence-corrected chi connectivity index (χ2v) is 5.90. The van der Waals surface area contributed by atoms with E-state index in [-0.39, 0.29) is 0 Å². The highest BCUT2D eigenvalue weighted by atomic mass is 35.5. The number of nitrogens with one attached hydrogen (secondary N) is 1. The zero-order valence-electron chi connectivity index (χ0n) is 13.1. The fraction of sp³-hybridized carbons (Fsp3) is 0.625. The van der Waals surface area contributed by atoms with Crippen molar-refractivity contribution < 1.29 is 9.47 Å². The lowest BCUT2D eigenvalue weighted by molar-refractivity contribution is 0.216. The molecule has 0 aliphatic carbocycles. The quantitative estimate of drug-likeness (QED) is 0.906. The third kappa shape index (κ3) is 4.02. The van der Waals surface area contributed by atoms with Gasteiger partial charge in [-0.25, -0.2) is 0 Å². The molecule has 0 aromatic heterocycles. The van der Waals surface area contributed by atoms with Gasteiger partial charge in [0.1, 0.15) is 0 Å². The Balaban J connectivity index is 2.11. The lowest BCUT2D eigenvalue weighted by Crippen LogP contribution is -2.32. The molecule has 1 aliphatic rings. The van der Waals surface area contributed by atoms with Crippen molar-refractivity contribution in [3.63, 3.8) is 0 Å². The minimum absolute atomic E-state index is 0.601. The van der Waals surface area contributed by atoms with E-state index in [1.165, 1.54) is 19.3 Å². The Kier molecular flexibility index (Phi) is 6.15. The number of ether oxygens (including phenoxy) is 2. The number of hydrogen-bond donors (Lipinski definition) is 1. The average Bonchev–Trinajstić information content (AvgIpc) is 2.78. The molecule has 0 spiro atoms. The maximum Gasteiger partial charge on any atom is 0.179 e. The summed E-state index contributed by atoms with van der Waals surface area (Å²) in [5.41, 5.74) is 1.08. The predicted molar refractivity (Wildman–Crippen MR) is 86.5 cm³/mol. The monoisotopic (exact) mass is 312 g/mol. The van der Waals surface area contributed by atoms with Crippen LogP contribution in [0.1, 0.15) is 24.8 Å². The topological polar surface area (TPSA) is 33.7 Å². The molecule has 1 aromatic carbocycles. The van der Waals surface area contributed by atoms with Crippen molar-refractivity contribution >= 4 is 11.6 Å². The second-order valence-electron chi connectivity index (χ2n) is 5.52. The molecule has 4 nitrogen and oxygen atoms in total. The van der Waals surface area contributed by atoms with E-state index in [1.807, 2.05) is 12.1 Å². The molecule has 1 N–H and O–H groups in total. The molecule has 1 unspecified atom stereocenters. The van der Waals surface area contributed by atoms with Crippen LogP contribution in [0.5, 0.6) is 11.5 Å². The van der Waals surface area contributed by atoms with Gasteiger partial charge in [0.2, 0.25) is 0 Å². The normalized spacial score (nSPS) is 19.4. The third-order valence-electron chi connectivity index (χ3n) is 4.15. The molecule has 0 bridgehead atoms. The first-order chi connectivity index (χ1) is 10.2. The van der Waals surface area contributed by atoms with Crippen LogP contribution in [0.2, 0.25) is 5.02 Å². The Bertz CT molecular complexity index is 460.